The van der Waals surface area contributed by atoms with E-state index in [-0.39, 0.29) is 0 Å². The molecule has 2 heteroatoms. The van der Waals surface area contributed by atoms with Crippen LogP contribution in [0.25, 0.3) is 0 Å². The molecule has 1 N–H and O–H groups in total. The van der Waals surface area contributed by atoms with Gasteiger partial charge in [0, 0.05) is 17.1 Å². The quantitative estimate of drug-likeness (QED) is 0.740. The SMILES string of the molecule is CSc1cccc(NCCC2CC2)c1. The number of benzene rings is 1. The van der Waals surface area contributed by atoms with Crippen molar-refractivity contribution in [1.82, 2.24) is 0 Å². The van der Waals surface area contributed by atoms with E-state index in [0.717, 1.165) is 12.5 Å². The van der Waals surface area contributed by atoms with Gasteiger partial charge in [-0.15, -0.1) is 11.8 Å². The first-order chi connectivity index (χ1) is 6.88. The van der Waals surface area contributed by atoms with E-state index in [1.807, 2.05) is 0 Å². The fourth-order valence-corrected chi connectivity index (χ4v) is 2.02. The molecule has 76 valence electrons. The third kappa shape index (κ3) is 2.95. The molecule has 1 aromatic carbocycles. The van der Waals surface area contributed by atoms with Crippen molar-refractivity contribution in [2.45, 2.75) is 24.2 Å². The van der Waals surface area contributed by atoms with Gasteiger partial charge in [-0.05, 0) is 36.8 Å². The number of hydrogen-bond donors (Lipinski definition) is 1. The van der Waals surface area contributed by atoms with Crippen molar-refractivity contribution in [2.75, 3.05) is 18.1 Å². The molecule has 0 atom stereocenters. The Hall–Kier alpha value is -0.630. The van der Waals surface area contributed by atoms with Gasteiger partial charge in [-0.25, -0.2) is 0 Å². The van der Waals surface area contributed by atoms with Crippen molar-refractivity contribution < 1.29 is 0 Å². The van der Waals surface area contributed by atoms with E-state index >= 15 is 0 Å². The molecule has 14 heavy (non-hydrogen) atoms. The Morgan fingerprint density at radius 1 is 1.43 bits per heavy atom. The topological polar surface area (TPSA) is 12.0 Å². The molecule has 0 radical (unpaired) electrons. The third-order valence-corrected chi connectivity index (χ3v) is 3.37. The molecular weight excluding hydrogens is 190 g/mol. The van der Waals surface area contributed by atoms with E-state index in [4.69, 9.17) is 0 Å². The van der Waals surface area contributed by atoms with Gasteiger partial charge in [-0.1, -0.05) is 18.9 Å². The van der Waals surface area contributed by atoms with Crippen LogP contribution in [0, 0.1) is 5.92 Å². The first-order valence-corrected chi connectivity index (χ1v) is 6.49. The molecule has 1 aliphatic rings. The third-order valence-electron chi connectivity index (χ3n) is 2.65. The molecule has 1 fully saturated rings. The molecule has 1 saturated carbocycles. The summed E-state index contributed by atoms with van der Waals surface area (Å²) in [4.78, 5) is 1.33. The highest BCUT2D eigenvalue weighted by Crippen LogP contribution is 2.32. The standard InChI is InChI=1S/C12H17NS/c1-14-12-4-2-3-11(9-12)13-8-7-10-5-6-10/h2-4,9-10,13H,5-8H2,1H3. The van der Waals surface area contributed by atoms with E-state index in [9.17, 15) is 0 Å². The molecule has 0 heterocycles. The zero-order valence-electron chi connectivity index (χ0n) is 8.62. The lowest BCUT2D eigenvalue weighted by Gasteiger charge is -2.06. The van der Waals surface area contributed by atoms with Crippen molar-refractivity contribution in [1.29, 1.82) is 0 Å². The van der Waals surface area contributed by atoms with Crippen LogP contribution < -0.4 is 5.32 Å². The monoisotopic (exact) mass is 207 g/mol. The highest BCUT2D eigenvalue weighted by Gasteiger charge is 2.19. The van der Waals surface area contributed by atoms with Gasteiger partial charge in [-0.3, -0.25) is 0 Å². The summed E-state index contributed by atoms with van der Waals surface area (Å²) >= 11 is 1.80. The van der Waals surface area contributed by atoms with E-state index in [2.05, 4.69) is 35.8 Å². The molecule has 1 nitrogen and oxygen atoms in total. The minimum atomic E-state index is 1.02. The van der Waals surface area contributed by atoms with Gasteiger partial charge in [0.05, 0.1) is 0 Å². The van der Waals surface area contributed by atoms with Crippen molar-refractivity contribution >= 4 is 17.4 Å². The van der Waals surface area contributed by atoms with Gasteiger partial charge in [-0.2, -0.15) is 0 Å². The summed E-state index contributed by atoms with van der Waals surface area (Å²) in [5, 5.41) is 3.48. The number of rotatable bonds is 5. The van der Waals surface area contributed by atoms with Crippen LogP contribution in [0.5, 0.6) is 0 Å². The summed E-state index contributed by atoms with van der Waals surface area (Å²) in [5.74, 6) is 1.02. The number of nitrogens with one attached hydrogen (secondary N) is 1. The Balaban J connectivity index is 1.81. The van der Waals surface area contributed by atoms with Crippen molar-refractivity contribution in [3.63, 3.8) is 0 Å². The Labute approximate surface area is 90.3 Å². The molecule has 2 rings (SSSR count). The average molecular weight is 207 g/mol. The lowest BCUT2D eigenvalue weighted by Crippen LogP contribution is -2.01. The molecule has 1 aliphatic carbocycles. The number of hydrogen-bond acceptors (Lipinski definition) is 2. The van der Waals surface area contributed by atoms with Gasteiger partial charge in [0.25, 0.3) is 0 Å². The zero-order chi connectivity index (χ0) is 9.80. The highest BCUT2D eigenvalue weighted by atomic mass is 32.2. The van der Waals surface area contributed by atoms with E-state index < -0.39 is 0 Å². The summed E-state index contributed by atoms with van der Waals surface area (Å²) < 4.78 is 0. The van der Waals surface area contributed by atoms with Crippen LogP contribution >= 0.6 is 11.8 Å². The maximum atomic E-state index is 3.48. The smallest absolute Gasteiger partial charge is 0.0351 e. The second kappa shape index (κ2) is 4.74. The van der Waals surface area contributed by atoms with Crippen LogP contribution in [0.3, 0.4) is 0 Å². The van der Waals surface area contributed by atoms with Crippen LogP contribution in [-0.2, 0) is 0 Å². The Kier molecular flexibility index (Phi) is 3.35. The summed E-state index contributed by atoms with van der Waals surface area (Å²) in [6.45, 7) is 1.13. The lowest BCUT2D eigenvalue weighted by atomic mass is 10.2. The Morgan fingerprint density at radius 3 is 3.00 bits per heavy atom. The highest BCUT2D eigenvalue weighted by molar-refractivity contribution is 7.98. The molecule has 0 aromatic heterocycles. The predicted molar refractivity (Wildman–Crippen MR) is 64.1 cm³/mol. The van der Waals surface area contributed by atoms with Crippen molar-refractivity contribution in [3.8, 4) is 0 Å². The second-order valence-electron chi connectivity index (χ2n) is 3.89. The molecule has 0 bridgehead atoms. The fraction of sp³-hybridized carbons (Fsp3) is 0.500. The molecule has 0 saturated heterocycles. The van der Waals surface area contributed by atoms with E-state index in [1.165, 1.54) is 29.8 Å². The summed E-state index contributed by atoms with van der Waals surface area (Å²) in [6, 6.07) is 8.63. The zero-order valence-corrected chi connectivity index (χ0v) is 9.44. The van der Waals surface area contributed by atoms with Crippen LogP contribution in [-0.4, -0.2) is 12.8 Å². The Morgan fingerprint density at radius 2 is 2.29 bits per heavy atom. The predicted octanol–water partition coefficient (Wildman–Crippen LogP) is 3.62. The molecular formula is C12H17NS. The molecule has 0 amide bonds. The maximum Gasteiger partial charge on any atom is 0.0351 e. The first-order valence-electron chi connectivity index (χ1n) is 5.26. The van der Waals surface area contributed by atoms with Gasteiger partial charge in [0.1, 0.15) is 0 Å². The van der Waals surface area contributed by atoms with Crippen LogP contribution in [0.1, 0.15) is 19.3 Å². The minimum absolute atomic E-state index is 1.02. The number of anilines is 1. The number of thioether (sulfide) groups is 1. The van der Waals surface area contributed by atoms with Crippen LogP contribution in [0.15, 0.2) is 29.2 Å². The maximum absolute atomic E-state index is 3.48. The average Bonchev–Trinajstić information content (AvgIpc) is 3.02. The largest absolute Gasteiger partial charge is 0.385 e. The summed E-state index contributed by atoms with van der Waals surface area (Å²) in [6.07, 6.45) is 6.35. The lowest BCUT2D eigenvalue weighted by molar-refractivity contribution is 0.760. The van der Waals surface area contributed by atoms with Gasteiger partial charge in [0.15, 0.2) is 0 Å². The molecule has 0 aliphatic heterocycles. The van der Waals surface area contributed by atoms with Crippen LogP contribution in [0.4, 0.5) is 5.69 Å². The summed E-state index contributed by atoms with van der Waals surface area (Å²) in [7, 11) is 0. The first kappa shape index (κ1) is 9.91. The van der Waals surface area contributed by atoms with Crippen LogP contribution in [0.2, 0.25) is 0 Å². The fourth-order valence-electron chi connectivity index (χ4n) is 1.56. The van der Waals surface area contributed by atoms with E-state index in [0.29, 0.717) is 0 Å². The summed E-state index contributed by atoms with van der Waals surface area (Å²) in [5.41, 5.74) is 1.26. The molecule has 1 aromatic rings. The van der Waals surface area contributed by atoms with Gasteiger partial charge < -0.3 is 5.32 Å². The van der Waals surface area contributed by atoms with Crippen molar-refractivity contribution in [3.05, 3.63) is 24.3 Å². The van der Waals surface area contributed by atoms with Gasteiger partial charge >= 0.3 is 0 Å². The van der Waals surface area contributed by atoms with Crippen molar-refractivity contribution in [2.24, 2.45) is 5.92 Å². The minimum Gasteiger partial charge on any atom is -0.385 e. The second-order valence-corrected chi connectivity index (χ2v) is 4.77. The Bertz CT molecular complexity index is 294. The normalized spacial score (nSPS) is 15.5. The van der Waals surface area contributed by atoms with E-state index in [1.54, 1.807) is 11.8 Å². The van der Waals surface area contributed by atoms with Gasteiger partial charge in [0.2, 0.25) is 0 Å². The molecule has 0 unspecified atom stereocenters. The molecule has 0 spiro atoms.